The van der Waals surface area contributed by atoms with Crippen molar-refractivity contribution < 1.29 is 14.3 Å². The smallest absolute Gasteiger partial charge is 0.337 e. The van der Waals surface area contributed by atoms with Crippen LogP contribution in [0.5, 0.6) is 0 Å². The number of aromatic carboxylic acids is 1. The van der Waals surface area contributed by atoms with Crippen LogP contribution in [0.15, 0.2) is 36.4 Å². The third-order valence-corrected chi connectivity index (χ3v) is 3.09. The molecule has 0 spiro atoms. The Balaban J connectivity index is 2.34. The second-order valence-corrected chi connectivity index (χ2v) is 4.41. The SMILES string of the molecule is Cc1cc(F)ccc1-n1nnc2cccc(C(=O)O)c21. The Morgan fingerprint density at radius 3 is 2.80 bits per heavy atom. The van der Waals surface area contributed by atoms with Crippen LogP contribution in [-0.2, 0) is 0 Å². The Bertz CT molecular complexity index is 826. The maximum atomic E-state index is 13.2. The lowest BCUT2D eigenvalue weighted by Crippen LogP contribution is -2.04. The zero-order chi connectivity index (χ0) is 14.3. The number of carboxylic acid groups (broad SMARTS) is 1. The number of nitrogens with zero attached hydrogens (tertiary/aromatic N) is 3. The first-order valence-corrected chi connectivity index (χ1v) is 5.92. The number of hydrogen-bond acceptors (Lipinski definition) is 3. The second-order valence-electron chi connectivity index (χ2n) is 4.41. The number of para-hydroxylation sites is 1. The predicted octanol–water partition coefficient (Wildman–Crippen LogP) is 2.57. The van der Waals surface area contributed by atoms with Crippen molar-refractivity contribution in [2.45, 2.75) is 6.92 Å². The molecule has 20 heavy (non-hydrogen) atoms. The molecular weight excluding hydrogens is 261 g/mol. The number of carbonyl (C=O) groups is 1. The molecule has 0 radical (unpaired) electrons. The molecule has 1 N–H and O–H groups in total. The maximum absolute atomic E-state index is 13.2. The zero-order valence-corrected chi connectivity index (χ0v) is 10.5. The van der Waals surface area contributed by atoms with E-state index in [9.17, 15) is 14.3 Å². The quantitative estimate of drug-likeness (QED) is 0.777. The van der Waals surface area contributed by atoms with E-state index in [0.717, 1.165) is 0 Å². The van der Waals surface area contributed by atoms with Gasteiger partial charge in [-0.15, -0.1) is 5.10 Å². The van der Waals surface area contributed by atoms with Crippen LogP contribution in [0.4, 0.5) is 4.39 Å². The van der Waals surface area contributed by atoms with Crippen molar-refractivity contribution in [1.29, 1.82) is 0 Å². The number of hydrogen-bond donors (Lipinski definition) is 1. The van der Waals surface area contributed by atoms with Crippen LogP contribution in [0, 0.1) is 12.7 Å². The minimum absolute atomic E-state index is 0.108. The maximum Gasteiger partial charge on any atom is 0.337 e. The van der Waals surface area contributed by atoms with Gasteiger partial charge < -0.3 is 5.11 Å². The van der Waals surface area contributed by atoms with E-state index in [2.05, 4.69) is 10.3 Å². The molecule has 5 nitrogen and oxygen atoms in total. The van der Waals surface area contributed by atoms with Crippen molar-refractivity contribution >= 4 is 17.0 Å². The zero-order valence-electron chi connectivity index (χ0n) is 10.5. The van der Waals surface area contributed by atoms with Crippen LogP contribution in [-0.4, -0.2) is 26.1 Å². The summed E-state index contributed by atoms with van der Waals surface area (Å²) < 4.78 is 14.6. The number of fused-ring (bicyclic) bond motifs is 1. The molecule has 0 amide bonds. The molecule has 1 aromatic heterocycles. The van der Waals surface area contributed by atoms with Gasteiger partial charge in [0.2, 0.25) is 0 Å². The summed E-state index contributed by atoms with van der Waals surface area (Å²) in [5.74, 6) is -1.41. The summed E-state index contributed by atoms with van der Waals surface area (Å²) in [6.07, 6.45) is 0. The summed E-state index contributed by atoms with van der Waals surface area (Å²) in [6.45, 7) is 1.73. The van der Waals surface area contributed by atoms with Gasteiger partial charge in [-0.25, -0.2) is 13.9 Å². The Hall–Kier alpha value is -2.76. The van der Waals surface area contributed by atoms with Gasteiger partial charge in [-0.1, -0.05) is 11.3 Å². The fourth-order valence-electron chi connectivity index (χ4n) is 2.17. The number of aryl methyl sites for hydroxylation is 1. The molecule has 0 saturated heterocycles. The summed E-state index contributed by atoms with van der Waals surface area (Å²) in [6, 6.07) is 9.01. The molecule has 3 aromatic rings. The lowest BCUT2D eigenvalue weighted by atomic mass is 10.1. The predicted molar refractivity (Wildman–Crippen MR) is 70.5 cm³/mol. The lowest BCUT2D eigenvalue weighted by Gasteiger charge is -2.07. The molecule has 0 atom stereocenters. The van der Waals surface area contributed by atoms with Crippen LogP contribution < -0.4 is 0 Å². The highest BCUT2D eigenvalue weighted by atomic mass is 19.1. The van der Waals surface area contributed by atoms with Crippen molar-refractivity contribution in [2.75, 3.05) is 0 Å². The van der Waals surface area contributed by atoms with Crippen molar-refractivity contribution in [1.82, 2.24) is 15.0 Å². The molecule has 0 unspecified atom stereocenters. The third kappa shape index (κ3) is 1.82. The molecule has 100 valence electrons. The molecule has 1 heterocycles. The summed E-state index contributed by atoms with van der Waals surface area (Å²) in [7, 11) is 0. The number of halogens is 1. The van der Waals surface area contributed by atoms with Crippen molar-refractivity contribution in [3.8, 4) is 5.69 Å². The second kappa shape index (κ2) is 4.41. The topological polar surface area (TPSA) is 68.0 Å². The van der Waals surface area contributed by atoms with Gasteiger partial charge in [0, 0.05) is 0 Å². The van der Waals surface area contributed by atoms with E-state index in [-0.39, 0.29) is 11.4 Å². The summed E-state index contributed by atoms with van der Waals surface area (Å²) in [5.41, 5.74) is 2.24. The highest BCUT2D eigenvalue weighted by Gasteiger charge is 2.16. The molecule has 0 saturated carbocycles. The average molecular weight is 271 g/mol. The van der Waals surface area contributed by atoms with E-state index < -0.39 is 5.97 Å². The van der Waals surface area contributed by atoms with Crippen LogP contribution in [0.3, 0.4) is 0 Å². The first kappa shape index (κ1) is 12.3. The van der Waals surface area contributed by atoms with Gasteiger partial charge >= 0.3 is 5.97 Å². The minimum atomic E-state index is -1.06. The van der Waals surface area contributed by atoms with Gasteiger partial charge in [0.05, 0.1) is 11.3 Å². The monoisotopic (exact) mass is 271 g/mol. The highest BCUT2D eigenvalue weighted by molar-refractivity contribution is 6.01. The number of carboxylic acids is 1. The Morgan fingerprint density at radius 1 is 1.30 bits per heavy atom. The minimum Gasteiger partial charge on any atom is -0.478 e. The molecule has 0 aliphatic heterocycles. The molecule has 6 heteroatoms. The molecule has 3 rings (SSSR count). The molecule has 2 aromatic carbocycles. The molecule has 0 aliphatic carbocycles. The van der Waals surface area contributed by atoms with Crippen molar-refractivity contribution in [2.24, 2.45) is 0 Å². The number of benzene rings is 2. The lowest BCUT2D eigenvalue weighted by molar-refractivity contribution is 0.0698. The Labute approximate surface area is 113 Å². The standard InChI is InChI=1S/C14H10FN3O2/c1-8-7-9(15)5-6-12(8)18-13-10(14(19)20)3-2-4-11(13)16-17-18/h2-7H,1H3,(H,19,20). The Kier molecular flexibility index (Phi) is 2.71. The van der Waals surface area contributed by atoms with Gasteiger partial charge in [0.15, 0.2) is 0 Å². The van der Waals surface area contributed by atoms with E-state index in [0.29, 0.717) is 22.3 Å². The van der Waals surface area contributed by atoms with Crippen LogP contribution in [0.1, 0.15) is 15.9 Å². The number of aromatic nitrogens is 3. The summed E-state index contributed by atoms with van der Waals surface area (Å²) >= 11 is 0. The van der Waals surface area contributed by atoms with Crippen molar-refractivity contribution in [3.63, 3.8) is 0 Å². The van der Waals surface area contributed by atoms with Gasteiger partial charge in [-0.2, -0.15) is 0 Å². The van der Waals surface area contributed by atoms with Gasteiger partial charge in [0.1, 0.15) is 16.9 Å². The normalized spacial score (nSPS) is 10.9. The van der Waals surface area contributed by atoms with Crippen LogP contribution in [0.25, 0.3) is 16.7 Å². The van der Waals surface area contributed by atoms with E-state index in [4.69, 9.17) is 0 Å². The first-order chi connectivity index (χ1) is 9.58. The van der Waals surface area contributed by atoms with Gasteiger partial charge in [0.25, 0.3) is 0 Å². The largest absolute Gasteiger partial charge is 0.478 e. The molecule has 0 fully saturated rings. The Morgan fingerprint density at radius 2 is 2.10 bits per heavy atom. The van der Waals surface area contributed by atoms with Gasteiger partial charge in [-0.05, 0) is 42.8 Å². The van der Waals surface area contributed by atoms with Crippen LogP contribution >= 0.6 is 0 Å². The average Bonchev–Trinajstić information content (AvgIpc) is 2.82. The van der Waals surface area contributed by atoms with E-state index in [1.165, 1.54) is 22.9 Å². The van der Waals surface area contributed by atoms with Crippen LogP contribution in [0.2, 0.25) is 0 Å². The summed E-state index contributed by atoms with van der Waals surface area (Å²) in [5, 5.41) is 17.2. The van der Waals surface area contributed by atoms with E-state index in [1.54, 1.807) is 25.1 Å². The van der Waals surface area contributed by atoms with Gasteiger partial charge in [-0.3, -0.25) is 0 Å². The van der Waals surface area contributed by atoms with Crippen molar-refractivity contribution in [3.05, 3.63) is 53.3 Å². The summed E-state index contributed by atoms with van der Waals surface area (Å²) in [4.78, 5) is 11.3. The van der Waals surface area contributed by atoms with E-state index in [1.807, 2.05) is 0 Å². The number of rotatable bonds is 2. The molecular formula is C14H10FN3O2. The molecule has 0 bridgehead atoms. The van der Waals surface area contributed by atoms with E-state index >= 15 is 0 Å². The highest BCUT2D eigenvalue weighted by Crippen LogP contribution is 2.22. The fourth-order valence-corrected chi connectivity index (χ4v) is 2.17. The fraction of sp³-hybridized carbons (Fsp3) is 0.0714. The molecule has 0 aliphatic rings. The third-order valence-electron chi connectivity index (χ3n) is 3.09. The first-order valence-electron chi connectivity index (χ1n) is 5.92.